The van der Waals surface area contributed by atoms with Gasteiger partial charge in [-0.1, -0.05) is 15.9 Å². The minimum Gasteiger partial charge on any atom is -0.477 e. The fourth-order valence-corrected chi connectivity index (χ4v) is 1.19. The maximum absolute atomic E-state index is 12.1. The number of aromatic nitrogens is 1. The molecule has 6 heteroatoms. The Morgan fingerprint density at radius 2 is 2.15 bits per heavy atom. The summed E-state index contributed by atoms with van der Waals surface area (Å²) in [6, 6.07) is 2.24. The van der Waals surface area contributed by atoms with E-state index in [0.717, 1.165) is 12.1 Å². The largest absolute Gasteiger partial charge is 0.477 e. The van der Waals surface area contributed by atoms with Crippen molar-refractivity contribution in [3.05, 3.63) is 28.0 Å². The van der Waals surface area contributed by atoms with Gasteiger partial charge in [0.1, 0.15) is 11.4 Å². The first kappa shape index (κ1) is 10.0. The maximum atomic E-state index is 12.1. The normalized spacial score (nSPS) is 10.5. The number of hydrogen-bond acceptors (Lipinski definition) is 2. The predicted molar refractivity (Wildman–Crippen MR) is 43.9 cm³/mol. The van der Waals surface area contributed by atoms with E-state index in [1.54, 1.807) is 0 Å². The SMILES string of the molecule is O=C(O)c1cc(Br)cc(C(F)F)n1. The van der Waals surface area contributed by atoms with Crippen LogP contribution in [0.15, 0.2) is 16.6 Å². The van der Waals surface area contributed by atoms with E-state index >= 15 is 0 Å². The molecule has 0 amide bonds. The average molecular weight is 252 g/mol. The number of carbonyl (C=O) groups is 1. The molecule has 1 N–H and O–H groups in total. The van der Waals surface area contributed by atoms with Crippen LogP contribution in [0.3, 0.4) is 0 Å². The van der Waals surface area contributed by atoms with Crippen molar-refractivity contribution in [2.75, 3.05) is 0 Å². The Labute approximate surface area is 80.5 Å². The van der Waals surface area contributed by atoms with Crippen molar-refractivity contribution in [2.45, 2.75) is 6.43 Å². The standard InChI is InChI=1S/C7H4BrF2NO2/c8-3-1-4(6(9)10)11-5(2-3)7(12)13/h1-2,6H,(H,12,13). The topological polar surface area (TPSA) is 50.2 Å². The van der Waals surface area contributed by atoms with Gasteiger partial charge in [0.05, 0.1) is 0 Å². The zero-order valence-corrected chi connectivity index (χ0v) is 7.75. The summed E-state index contributed by atoms with van der Waals surface area (Å²) in [7, 11) is 0. The lowest BCUT2D eigenvalue weighted by molar-refractivity contribution is 0.0688. The van der Waals surface area contributed by atoms with Crippen LogP contribution in [-0.4, -0.2) is 16.1 Å². The Kier molecular flexibility index (Phi) is 2.92. The molecule has 0 bridgehead atoms. The third-order valence-corrected chi connectivity index (χ3v) is 1.71. The first-order valence-electron chi connectivity index (χ1n) is 3.19. The molecule has 1 rings (SSSR count). The van der Waals surface area contributed by atoms with Gasteiger partial charge in [0, 0.05) is 4.47 Å². The lowest BCUT2D eigenvalue weighted by Crippen LogP contribution is -2.03. The van der Waals surface area contributed by atoms with E-state index in [1.165, 1.54) is 0 Å². The molecular formula is C7H4BrF2NO2. The zero-order valence-electron chi connectivity index (χ0n) is 6.17. The highest BCUT2D eigenvalue weighted by molar-refractivity contribution is 9.10. The number of hydrogen-bond donors (Lipinski definition) is 1. The number of carboxylic acids is 1. The van der Waals surface area contributed by atoms with Crippen LogP contribution in [0.5, 0.6) is 0 Å². The van der Waals surface area contributed by atoms with E-state index in [-0.39, 0.29) is 4.47 Å². The van der Waals surface area contributed by atoms with E-state index in [9.17, 15) is 13.6 Å². The van der Waals surface area contributed by atoms with Crippen LogP contribution in [0.2, 0.25) is 0 Å². The van der Waals surface area contributed by atoms with E-state index in [4.69, 9.17) is 5.11 Å². The minimum atomic E-state index is -2.77. The molecule has 0 spiro atoms. The third kappa shape index (κ3) is 2.45. The Morgan fingerprint density at radius 3 is 2.62 bits per heavy atom. The second-order valence-electron chi connectivity index (χ2n) is 2.20. The summed E-state index contributed by atoms with van der Waals surface area (Å²) in [5, 5.41) is 8.49. The first-order chi connectivity index (χ1) is 6.00. The molecule has 0 unspecified atom stereocenters. The Hall–Kier alpha value is -1.04. The molecule has 0 aliphatic heterocycles. The Bertz CT molecular complexity index is 343. The van der Waals surface area contributed by atoms with Gasteiger partial charge in [-0.2, -0.15) is 0 Å². The van der Waals surface area contributed by atoms with Crippen molar-refractivity contribution in [1.82, 2.24) is 4.98 Å². The molecule has 0 fully saturated rings. The summed E-state index contributed by atoms with van der Waals surface area (Å²) in [6.45, 7) is 0. The average Bonchev–Trinajstić information content (AvgIpc) is 2.03. The van der Waals surface area contributed by atoms with E-state index in [1.807, 2.05) is 0 Å². The summed E-state index contributed by atoms with van der Waals surface area (Å²) in [5.41, 5.74) is -0.948. The molecule has 1 aromatic heterocycles. The van der Waals surface area contributed by atoms with Crippen molar-refractivity contribution in [1.29, 1.82) is 0 Å². The summed E-state index contributed by atoms with van der Waals surface area (Å²) in [5.74, 6) is -1.33. The van der Waals surface area contributed by atoms with Crippen LogP contribution in [0.1, 0.15) is 22.6 Å². The fourth-order valence-electron chi connectivity index (χ4n) is 0.739. The number of pyridine rings is 1. The fraction of sp³-hybridized carbons (Fsp3) is 0.143. The summed E-state index contributed by atoms with van der Waals surface area (Å²) in [6.07, 6.45) is -2.77. The van der Waals surface area contributed by atoms with Crippen molar-refractivity contribution in [2.24, 2.45) is 0 Å². The van der Waals surface area contributed by atoms with E-state index < -0.39 is 23.8 Å². The molecule has 70 valence electrons. The van der Waals surface area contributed by atoms with E-state index in [2.05, 4.69) is 20.9 Å². The van der Waals surface area contributed by atoms with Gasteiger partial charge in [-0.15, -0.1) is 0 Å². The second kappa shape index (κ2) is 3.78. The van der Waals surface area contributed by atoms with Crippen LogP contribution in [-0.2, 0) is 0 Å². The van der Waals surface area contributed by atoms with Crippen molar-refractivity contribution >= 4 is 21.9 Å². The van der Waals surface area contributed by atoms with Gasteiger partial charge < -0.3 is 5.11 Å². The molecule has 3 nitrogen and oxygen atoms in total. The van der Waals surface area contributed by atoms with Gasteiger partial charge in [-0.3, -0.25) is 0 Å². The minimum absolute atomic E-state index is 0.273. The van der Waals surface area contributed by atoms with Crippen LogP contribution in [0.4, 0.5) is 8.78 Å². The summed E-state index contributed by atoms with van der Waals surface area (Å²) in [4.78, 5) is 13.7. The molecule has 13 heavy (non-hydrogen) atoms. The third-order valence-electron chi connectivity index (χ3n) is 1.25. The molecule has 0 atom stereocenters. The number of rotatable bonds is 2. The van der Waals surface area contributed by atoms with Gasteiger partial charge in [0.15, 0.2) is 0 Å². The molecule has 1 aromatic rings. The molecule has 0 aliphatic rings. The zero-order chi connectivity index (χ0) is 10.0. The quantitative estimate of drug-likeness (QED) is 0.879. The van der Waals surface area contributed by atoms with Gasteiger partial charge >= 0.3 is 5.97 Å². The van der Waals surface area contributed by atoms with Crippen molar-refractivity contribution in [3.8, 4) is 0 Å². The maximum Gasteiger partial charge on any atom is 0.354 e. The highest BCUT2D eigenvalue weighted by Crippen LogP contribution is 2.21. The number of carboxylic acid groups (broad SMARTS) is 1. The second-order valence-corrected chi connectivity index (χ2v) is 3.12. The van der Waals surface area contributed by atoms with Gasteiger partial charge in [-0.05, 0) is 12.1 Å². The summed E-state index contributed by atoms with van der Waals surface area (Å²) >= 11 is 2.91. The van der Waals surface area contributed by atoms with Crippen LogP contribution < -0.4 is 0 Å². The first-order valence-corrected chi connectivity index (χ1v) is 3.99. The van der Waals surface area contributed by atoms with Gasteiger partial charge in [0.2, 0.25) is 0 Å². The molecule has 0 saturated heterocycles. The monoisotopic (exact) mass is 251 g/mol. The van der Waals surface area contributed by atoms with Gasteiger partial charge in [-0.25, -0.2) is 18.6 Å². The molecular weight excluding hydrogens is 248 g/mol. The molecule has 1 heterocycles. The molecule has 0 aliphatic carbocycles. The smallest absolute Gasteiger partial charge is 0.354 e. The van der Waals surface area contributed by atoms with Crippen molar-refractivity contribution in [3.63, 3.8) is 0 Å². The summed E-state index contributed by atoms with van der Waals surface area (Å²) < 4.78 is 24.5. The van der Waals surface area contributed by atoms with Crippen LogP contribution in [0.25, 0.3) is 0 Å². The molecule has 0 aromatic carbocycles. The van der Waals surface area contributed by atoms with E-state index in [0.29, 0.717) is 0 Å². The Balaban J connectivity index is 3.19. The number of aromatic carboxylic acids is 1. The lowest BCUT2D eigenvalue weighted by atomic mass is 10.3. The Morgan fingerprint density at radius 1 is 1.54 bits per heavy atom. The van der Waals surface area contributed by atoms with Crippen molar-refractivity contribution < 1.29 is 18.7 Å². The van der Waals surface area contributed by atoms with Crippen LogP contribution >= 0.6 is 15.9 Å². The number of nitrogens with zero attached hydrogens (tertiary/aromatic N) is 1. The number of alkyl halides is 2. The van der Waals surface area contributed by atoms with Gasteiger partial charge in [0.25, 0.3) is 6.43 Å². The predicted octanol–water partition coefficient (Wildman–Crippen LogP) is 2.48. The van der Waals surface area contributed by atoms with Crippen LogP contribution in [0, 0.1) is 0 Å². The molecule has 0 saturated carbocycles. The molecule has 0 radical (unpaired) electrons. The number of halogens is 3. The highest BCUT2D eigenvalue weighted by Gasteiger charge is 2.13. The highest BCUT2D eigenvalue weighted by atomic mass is 79.9. The lowest BCUT2D eigenvalue weighted by Gasteiger charge is -2.01.